The Kier molecular flexibility index (Phi) is 6.93. The highest BCUT2D eigenvalue weighted by atomic mass is 79.9. The van der Waals surface area contributed by atoms with Gasteiger partial charge in [-0.05, 0) is 37.1 Å². The summed E-state index contributed by atoms with van der Waals surface area (Å²) in [6.45, 7) is 1.70. The number of benzene rings is 2. The highest BCUT2D eigenvalue weighted by Gasteiger charge is 2.39. The van der Waals surface area contributed by atoms with Crippen molar-refractivity contribution in [1.82, 2.24) is 14.8 Å². The third-order valence-corrected chi connectivity index (χ3v) is 6.45. The molecule has 1 N–H and O–H groups in total. The first-order chi connectivity index (χ1) is 15.8. The molecule has 33 heavy (non-hydrogen) atoms. The third kappa shape index (κ3) is 5.16. The van der Waals surface area contributed by atoms with Crippen LogP contribution >= 0.6 is 15.9 Å². The van der Waals surface area contributed by atoms with Crippen LogP contribution in [0.1, 0.15) is 29.3 Å². The molecule has 0 unspecified atom stereocenters. The summed E-state index contributed by atoms with van der Waals surface area (Å²) in [6.07, 6.45) is 1.05. The van der Waals surface area contributed by atoms with Gasteiger partial charge in [0.25, 0.3) is 0 Å². The highest BCUT2D eigenvalue weighted by molar-refractivity contribution is 9.10. The molecule has 3 aromatic rings. The van der Waals surface area contributed by atoms with E-state index in [4.69, 9.17) is 0 Å². The Hall–Kier alpha value is -3.00. The van der Waals surface area contributed by atoms with Crippen molar-refractivity contribution in [3.05, 3.63) is 70.3 Å². The molecule has 2 amide bonds. The fourth-order valence-corrected chi connectivity index (χ4v) is 4.68. The lowest BCUT2D eigenvalue weighted by Crippen LogP contribution is -2.47. The Balaban J connectivity index is 1.46. The van der Waals surface area contributed by atoms with Crippen molar-refractivity contribution in [3.8, 4) is 0 Å². The quantitative estimate of drug-likeness (QED) is 0.487. The summed E-state index contributed by atoms with van der Waals surface area (Å²) in [7, 11) is 0. The van der Waals surface area contributed by atoms with Gasteiger partial charge in [-0.25, -0.2) is 4.39 Å². The van der Waals surface area contributed by atoms with E-state index in [9.17, 15) is 18.8 Å². The number of nitrogens with zero attached hydrogens (tertiary/aromatic N) is 2. The van der Waals surface area contributed by atoms with E-state index in [1.807, 2.05) is 48.5 Å². The second-order valence-corrected chi connectivity index (χ2v) is 9.23. The van der Waals surface area contributed by atoms with Crippen LogP contribution in [0.5, 0.6) is 0 Å². The number of Topliss-reactive ketones (excluding diaryl/α,β-unsaturated/α-hetero) is 1. The number of aromatic nitrogens is 1. The van der Waals surface area contributed by atoms with Crippen LogP contribution in [0.2, 0.25) is 0 Å². The monoisotopic (exact) mass is 513 g/mol. The summed E-state index contributed by atoms with van der Waals surface area (Å²) in [5.74, 6) is -0.802. The van der Waals surface area contributed by atoms with Gasteiger partial charge in [-0.15, -0.1) is 0 Å². The first-order valence-corrected chi connectivity index (χ1v) is 11.7. The second kappa shape index (κ2) is 9.87. The number of carbonyl (C=O) groups excluding carboxylic acids is 3. The van der Waals surface area contributed by atoms with Crippen molar-refractivity contribution in [1.29, 1.82) is 0 Å². The molecular weight excluding hydrogens is 489 g/mol. The number of alkyl halides is 1. The van der Waals surface area contributed by atoms with Crippen molar-refractivity contribution in [3.63, 3.8) is 0 Å². The largest absolute Gasteiger partial charge is 0.354 e. The minimum atomic E-state index is -1.25. The van der Waals surface area contributed by atoms with E-state index >= 15 is 0 Å². The predicted molar refractivity (Wildman–Crippen MR) is 128 cm³/mol. The Morgan fingerprint density at radius 1 is 1.15 bits per heavy atom. The minimum absolute atomic E-state index is 0.0129. The Morgan fingerprint density at radius 2 is 1.91 bits per heavy atom. The van der Waals surface area contributed by atoms with Gasteiger partial charge < -0.3 is 14.8 Å². The summed E-state index contributed by atoms with van der Waals surface area (Å²) < 4.78 is 16.8. The van der Waals surface area contributed by atoms with Gasteiger partial charge in [0.05, 0.1) is 6.54 Å². The standard InChI is InChI=1S/C25H25BrFN3O3/c1-16(31)21-14-29(22-8-7-18(26)11-20(21)22)15-24(32)30-13-19(27)12-23(30)25(33)28-10-9-17-5-3-2-4-6-17/h2-8,11,14,19,23H,9-10,12-13,15H2,1H3,(H,28,33)/t19-,23+/m1/s1. The summed E-state index contributed by atoms with van der Waals surface area (Å²) in [5.41, 5.74) is 2.34. The van der Waals surface area contributed by atoms with E-state index in [2.05, 4.69) is 21.2 Å². The lowest BCUT2D eigenvalue weighted by atomic mass is 10.1. The number of likely N-dealkylation sites (tertiary alicyclic amines) is 1. The number of ketones is 1. The molecule has 1 aliphatic rings. The minimum Gasteiger partial charge on any atom is -0.354 e. The molecule has 6 nitrogen and oxygen atoms in total. The van der Waals surface area contributed by atoms with E-state index in [1.54, 1.807) is 10.8 Å². The van der Waals surface area contributed by atoms with Crippen LogP contribution in [-0.4, -0.2) is 52.4 Å². The van der Waals surface area contributed by atoms with Gasteiger partial charge in [-0.2, -0.15) is 0 Å². The van der Waals surface area contributed by atoms with Crippen LogP contribution in [0, 0.1) is 0 Å². The topological polar surface area (TPSA) is 71.4 Å². The number of nitrogens with one attached hydrogen (secondary N) is 1. The number of carbonyl (C=O) groups is 3. The average Bonchev–Trinajstić information content (AvgIpc) is 3.35. The molecule has 0 aliphatic carbocycles. The summed E-state index contributed by atoms with van der Waals surface area (Å²) in [5, 5.41) is 3.58. The molecule has 0 saturated carbocycles. The molecule has 172 valence electrons. The van der Waals surface area contributed by atoms with Gasteiger partial charge in [-0.3, -0.25) is 14.4 Å². The highest BCUT2D eigenvalue weighted by Crippen LogP contribution is 2.27. The van der Waals surface area contributed by atoms with Gasteiger partial charge in [0.1, 0.15) is 18.8 Å². The van der Waals surface area contributed by atoms with Crippen LogP contribution in [0.3, 0.4) is 0 Å². The molecule has 0 spiro atoms. The van der Waals surface area contributed by atoms with Gasteiger partial charge in [-0.1, -0.05) is 46.3 Å². The van der Waals surface area contributed by atoms with E-state index in [-0.39, 0.29) is 37.1 Å². The molecule has 8 heteroatoms. The maximum Gasteiger partial charge on any atom is 0.243 e. The van der Waals surface area contributed by atoms with Crippen molar-refractivity contribution < 1.29 is 18.8 Å². The maximum atomic E-state index is 14.2. The maximum absolute atomic E-state index is 14.2. The molecule has 1 aliphatic heterocycles. The zero-order chi connectivity index (χ0) is 23.5. The third-order valence-electron chi connectivity index (χ3n) is 5.96. The molecule has 2 atom stereocenters. The van der Waals surface area contributed by atoms with Gasteiger partial charge >= 0.3 is 0 Å². The molecule has 4 rings (SSSR count). The zero-order valence-corrected chi connectivity index (χ0v) is 19.8. The number of hydrogen-bond acceptors (Lipinski definition) is 3. The molecule has 0 bridgehead atoms. The van der Waals surface area contributed by atoms with E-state index in [0.29, 0.717) is 18.5 Å². The normalized spacial score (nSPS) is 18.0. The van der Waals surface area contributed by atoms with Crippen LogP contribution in [0.25, 0.3) is 10.9 Å². The van der Waals surface area contributed by atoms with Crippen LogP contribution < -0.4 is 5.32 Å². The zero-order valence-electron chi connectivity index (χ0n) is 18.3. The number of fused-ring (bicyclic) bond motifs is 1. The summed E-state index contributed by atoms with van der Waals surface area (Å²) in [6, 6.07) is 14.4. The number of hydrogen-bond donors (Lipinski definition) is 1. The van der Waals surface area contributed by atoms with Crippen LogP contribution in [-0.2, 0) is 22.6 Å². The molecule has 2 aromatic carbocycles. The molecule has 0 radical (unpaired) electrons. The molecule has 2 heterocycles. The Labute approximate surface area is 199 Å². The van der Waals surface area contributed by atoms with Crippen LogP contribution in [0.4, 0.5) is 4.39 Å². The van der Waals surface area contributed by atoms with Crippen molar-refractivity contribution in [2.45, 2.75) is 38.5 Å². The average molecular weight is 514 g/mol. The fourth-order valence-electron chi connectivity index (χ4n) is 4.32. The second-order valence-electron chi connectivity index (χ2n) is 8.31. The van der Waals surface area contributed by atoms with Crippen molar-refractivity contribution >= 4 is 44.4 Å². The predicted octanol–water partition coefficient (Wildman–Crippen LogP) is 3.90. The van der Waals surface area contributed by atoms with Crippen LogP contribution in [0.15, 0.2) is 59.2 Å². The van der Waals surface area contributed by atoms with E-state index in [1.165, 1.54) is 11.8 Å². The number of amides is 2. The Bertz CT molecular complexity index is 1190. The Morgan fingerprint density at radius 3 is 2.64 bits per heavy atom. The number of halogens is 2. The number of rotatable bonds is 7. The van der Waals surface area contributed by atoms with E-state index in [0.717, 1.165) is 20.9 Å². The lowest BCUT2D eigenvalue weighted by Gasteiger charge is -2.24. The fraction of sp³-hybridized carbons (Fsp3) is 0.320. The van der Waals surface area contributed by atoms with Gasteiger partial charge in [0.15, 0.2) is 5.78 Å². The molecule has 1 fully saturated rings. The van der Waals surface area contributed by atoms with E-state index < -0.39 is 12.2 Å². The lowest BCUT2D eigenvalue weighted by molar-refractivity contribution is -0.138. The molecular formula is C25H25BrFN3O3. The smallest absolute Gasteiger partial charge is 0.243 e. The summed E-state index contributed by atoms with van der Waals surface area (Å²) >= 11 is 3.41. The summed E-state index contributed by atoms with van der Waals surface area (Å²) in [4.78, 5) is 39.3. The van der Waals surface area contributed by atoms with Crippen molar-refractivity contribution in [2.75, 3.05) is 13.1 Å². The molecule has 1 saturated heterocycles. The van der Waals surface area contributed by atoms with Gasteiger partial charge in [0, 0.05) is 40.1 Å². The SMILES string of the molecule is CC(=O)c1cn(CC(=O)N2C[C@H](F)C[C@H]2C(=O)NCCc2ccccc2)c2ccc(Br)cc12. The van der Waals surface area contributed by atoms with Gasteiger partial charge in [0.2, 0.25) is 11.8 Å². The molecule has 1 aromatic heterocycles. The first-order valence-electron chi connectivity index (χ1n) is 10.9. The first kappa shape index (κ1) is 23.2. The van der Waals surface area contributed by atoms with Crippen molar-refractivity contribution in [2.24, 2.45) is 0 Å².